The highest BCUT2D eigenvalue weighted by Crippen LogP contribution is 2.36. The van der Waals surface area contributed by atoms with E-state index in [1.54, 1.807) is 12.1 Å². The van der Waals surface area contributed by atoms with E-state index in [9.17, 15) is 9.90 Å². The first-order chi connectivity index (χ1) is 11.7. The van der Waals surface area contributed by atoms with Crippen LogP contribution >= 0.6 is 0 Å². The molecule has 0 radical (unpaired) electrons. The van der Waals surface area contributed by atoms with Crippen molar-refractivity contribution < 1.29 is 14.6 Å². The zero-order chi connectivity index (χ0) is 19.2. The summed E-state index contributed by atoms with van der Waals surface area (Å²) in [5.41, 5.74) is 0.764. The number of carbonyl (C=O) groups excluding carboxylic acids is 1. The second-order valence-corrected chi connectivity index (χ2v) is 7.87. The Hall–Kier alpha value is -1.51. The summed E-state index contributed by atoms with van der Waals surface area (Å²) in [6, 6.07) is 7.31. The number of carbonyl (C=O) groups is 1. The molecule has 0 spiro atoms. The number of phenolic OH excluding ortho intramolecular Hbond substituents is 1. The number of esters is 1. The number of phenols is 1. The van der Waals surface area contributed by atoms with Gasteiger partial charge in [-0.3, -0.25) is 4.79 Å². The zero-order valence-electron chi connectivity index (χ0n) is 17.0. The summed E-state index contributed by atoms with van der Waals surface area (Å²) in [5.74, 6) is 0.883. The lowest BCUT2D eigenvalue weighted by Gasteiger charge is -2.41. The van der Waals surface area contributed by atoms with Crippen LogP contribution in [0.4, 0.5) is 0 Å². The molecule has 0 heterocycles. The van der Waals surface area contributed by atoms with E-state index in [-0.39, 0.29) is 35.4 Å². The molecule has 0 aliphatic rings. The monoisotopic (exact) mass is 348 g/mol. The van der Waals surface area contributed by atoms with Crippen LogP contribution in [0.5, 0.6) is 5.75 Å². The number of hydrogen-bond acceptors (Lipinski definition) is 3. The normalized spacial score (nSPS) is 14.6. The average Bonchev–Trinajstić information content (AvgIpc) is 2.57. The highest BCUT2D eigenvalue weighted by molar-refractivity contribution is 5.72. The Bertz CT molecular complexity index is 523. The standard InChI is InChI=1S/C22H36O3/c1-8-18(19-10-12-20(23)13-11-19)14-17(7)21(24)25-22(9-2,15(3)4)16(5)6/h10-13,15-18,23H,8-9,14H2,1-7H3. The summed E-state index contributed by atoms with van der Waals surface area (Å²) < 4.78 is 6.09. The van der Waals surface area contributed by atoms with Crippen molar-refractivity contribution >= 4 is 5.97 Å². The Balaban J connectivity index is 2.85. The molecule has 0 fully saturated rings. The predicted molar refractivity (Wildman–Crippen MR) is 104 cm³/mol. The number of benzene rings is 1. The fourth-order valence-electron chi connectivity index (χ4n) is 3.89. The number of hydrogen-bond donors (Lipinski definition) is 1. The lowest BCUT2D eigenvalue weighted by molar-refractivity contribution is -0.177. The smallest absolute Gasteiger partial charge is 0.309 e. The maximum atomic E-state index is 12.8. The summed E-state index contributed by atoms with van der Waals surface area (Å²) in [6.07, 6.45) is 2.54. The molecule has 0 aliphatic heterocycles. The molecule has 25 heavy (non-hydrogen) atoms. The lowest BCUT2D eigenvalue weighted by Crippen LogP contribution is -2.45. The van der Waals surface area contributed by atoms with Crippen LogP contribution in [0, 0.1) is 17.8 Å². The summed E-state index contributed by atoms with van der Waals surface area (Å²) in [6.45, 7) is 14.7. The Morgan fingerprint density at radius 1 is 1.04 bits per heavy atom. The van der Waals surface area contributed by atoms with Gasteiger partial charge in [-0.15, -0.1) is 0 Å². The van der Waals surface area contributed by atoms with Crippen LogP contribution in [0.2, 0.25) is 0 Å². The summed E-state index contributed by atoms with van der Waals surface area (Å²) >= 11 is 0. The second-order valence-electron chi connectivity index (χ2n) is 7.87. The van der Waals surface area contributed by atoms with Gasteiger partial charge in [-0.05, 0) is 54.7 Å². The molecule has 2 atom stereocenters. The van der Waals surface area contributed by atoms with Gasteiger partial charge in [0.1, 0.15) is 11.4 Å². The van der Waals surface area contributed by atoms with E-state index in [1.807, 2.05) is 19.1 Å². The van der Waals surface area contributed by atoms with Crippen LogP contribution in [-0.4, -0.2) is 16.7 Å². The molecule has 1 aromatic carbocycles. The molecule has 3 nitrogen and oxygen atoms in total. The van der Waals surface area contributed by atoms with E-state index < -0.39 is 5.60 Å². The molecule has 0 saturated heterocycles. The molecule has 0 aromatic heterocycles. The van der Waals surface area contributed by atoms with E-state index in [4.69, 9.17) is 4.74 Å². The van der Waals surface area contributed by atoms with Crippen LogP contribution < -0.4 is 0 Å². The SMILES string of the molecule is CCC(CC(C)C(=O)OC(CC)(C(C)C)C(C)C)c1ccc(O)cc1. The van der Waals surface area contributed by atoms with Crippen molar-refractivity contribution in [2.75, 3.05) is 0 Å². The van der Waals surface area contributed by atoms with Crippen LogP contribution in [0.1, 0.15) is 79.2 Å². The maximum Gasteiger partial charge on any atom is 0.309 e. The number of rotatable bonds is 9. The lowest BCUT2D eigenvalue weighted by atomic mass is 9.78. The van der Waals surface area contributed by atoms with Gasteiger partial charge in [0.25, 0.3) is 0 Å². The quantitative estimate of drug-likeness (QED) is 0.564. The molecule has 2 unspecified atom stereocenters. The van der Waals surface area contributed by atoms with Gasteiger partial charge in [0.15, 0.2) is 0 Å². The van der Waals surface area contributed by atoms with Crippen molar-refractivity contribution in [3.63, 3.8) is 0 Å². The van der Waals surface area contributed by atoms with Gasteiger partial charge in [0, 0.05) is 0 Å². The Morgan fingerprint density at radius 3 is 1.96 bits per heavy atom. The molecule has 3 heteroatoms. The molecule has 0 bridgehead atoms. The third-order valence-corrected chi connectivity index (χ3v) is 5.70. The van der Waals surface area contributed by atoms with Crippen molar-refractivity contribution in [2.24, 2.45) is 17.8 Å². The van der Waals surface area contributed by atoms with Gasteiger partial charge in [-0.2, -0.15) is 0 Å². The second kappa shape index (κ2) is 9.26. The van der Waals surface area contributed by atoms with E-state index in [2.05, 4.69) is 41.5 Å². The molecular formula is C22H36O3. The summed E-state index contributed by atoms with van der Waals surface area (Å²) in [5, 5.41) is 9.47. The summed E-state index contributed by atoms with van der Waals surface area (Å²) in [7, 11) is 0. The zero-order valence-corrected chi connectivity index (χ0v) is 17.0. The highest BCUT2D eigenvalue weighted by atomic mass is 16.6. The van der Waals surface area contributed by atoms with Gasteiger partial charge >= 0.3 is 5.97 Å². The van der Waals surface area contributed by atoms with Gasteiger partial charge < -0.3 is 9.84 Å². The van der Waals surface area contributed by atoms with Crippen molar-refractivity contribution in [1.82, 2.24) is 0 Å². The molecule has 0 aliphatic carbocycles. The molecule has 1 N–H and O–H groups in total. The van der Waals surface area contributed by atoms with Crippen molar-refractivity contribution in [3.05, 3.63) is 29.8 Å². The molecule has 142 valence electrons. The van der Waals surface area contributed by atoms with E-state index >= 15 is 0 Å². The van der Waals surface area contributed by atoms with Gasteiger partial charge in [0.2, 0.25) is 0 Å². The van der Waals surface area contributed by atoms with Gasteiger partial charge in [-0.1, -0.05) is 60.6 Å². The van der Waals surface area contributed by atoms with Crippen LogP contribution in [0.25, 0.3) is 0 Å². The predicted octanol–water partition coefficient (Wildman–Crippen LogP) is 5.92. The largest absolute Gasteiger partial charge is 0.508 e. The Kier molecular flexibility index (Phi) is 7.98. The minimum absolute atomic E-state index is 0.0959. The van der Waals surface area contributed by atoms with Crippen molar-refractivity contribution in [1.29, 1.82) is 0 Å². The van der Waals surface area contributed by atoms with Crippen molar-refractivity contribution in [2.45, 2.75) is 79.2 Å². The molecule has 0 saturated carbocycles. The first-order valence-electron chi connectivity index (χ1n) is 9.69. The number of ether oxygens (including phenoxy) is 1. The molecule has 0 amide bonds. The maximum absolute atomic E-state index is 12.8. The van der Waals surface area contributed by atoms with Gasteiger partial charge in [-0.25, -0.2) is 0 Å². The first kappa shape index (κ1) is 21.5. The van der Waals surface area contributed by atoms with E-state index in [1.165, 1.54) is 0 Å². The number of aromatic hydroxyl groups is 1. The fourth-order valence-corrected chi connectivity index (χ4v) is 3.89. The van der Waals surface area contributed by atoms with Crippen molar-refractivity contribution in [3.8, 4) is 5.75 Å². The van der Waals surface area contributed by atoms with Gasteiger partial charge in [0.05, 0.1) is 5.92 Å². The molecular weight excluding hydrogens is 312 g/mol. The van der Waals surface area contributed by atoms with E-state index in [0.29, 0.717) is 0 Å². The third-order valence-electron chi connectivity index (χ3n) is 5.70. The average molecular weight is 349 g/mol. The third kappa shape index (κ3) is 5.23. The topological polar surface area (TPSA) is 46.5 Å². The van der Waals surface area contributed by atoms with Crippen LogP contribution in [0.3, 0.4) is 0 Å². The van der Waals surface area contributed by atoms with Crippen LogP contribution in [-0.2, 0) is 9.53 Å². The first-order valence-corrected chi connectivity index (χ1v) is 9.69. The minimum atomic E-state index is -0.397. The van der Waals surface area contributed by atoms with E-state index in [0.717, 1.165) is 24.8 Å². The molecule has 1 rings (SSSR count). The Morgan fingerprint density at radius 2 is 1.56 bits per heavy atom. The van der Waals surface area contributed by atoms with Crippen LogP contribution in [0.15, 0.2) is 24.3 Å². The fraction of sp³-hybridized carbons (Fsp3) is 0.682. The minimum Gasteiger partial charge on any atom is -0.508 e. The summed E-state index contributed by atoms with van der Waals surface area (Å²) in [4.78, 5) is 12.8. The Labute approximate surface area is 153 Å². The molecule has 1 aromatic rings. The highest BCUT2D eigenvalue weighted by Gasteiger charge is 2.40.